The monoisotopic (exact) mass is 390 g/mol. The van der Waals surface area contributed by atoms with E-state index in [-0.39, 0.29) is 5.41 Å². The van der Waals surface area contributed by atoms with Gasteiger partial charge in [0, 0.05) is 5.41 Å². The number of benzene rings is 2. The van der Waals surface area contributed by atoms with Crippen LogP contribution in [0.5, 0.6) is 0 Å². The molecule has 0 N–H and O–H groups in total. The van der Waals surface area contributed by atoms with Gasteiger partial charge >= 0.3 is 0 Å². The SMILES string of the molecule is C=C=CCCCC(C/C=C/C)(COCc1ccccc1)COCc1ccccc1. The van der Waals surface area contributed by atoms with E-state index in [0.29, 0.717) is 26.4 Å². The molecule has 0 aliphatic carbocycles. The highest BCUT2D eigenvalue weighted by Gasteiger charge is 2.29. The number of hydrogen-bond acceptors (Lipinski definition) is 2. The Hall–Kier alpha value is -2.38. The highest BCUT2D eigenvalue weighted by Crippen LogP contribution is 2.32. The summed E-state index contributed by atoms with van der Waals surface area (Å²) in [5.41, 5.74) is 5.24. The van der Waals surface area contributed by atoms with Crippen molar-refractivity contribution >= 4 is 0 Å². The second-order valence-corrected chi connectivity index (χ2v) is 7.53. The molecular weight excluding hydrogens is 356 g/mol. The molecule has 29 heavy (non-hydrogen) atoms. The highest BCUT2D eigenvalue weighted by atomic mass is 16.5. The van der Waals surface area contributed by atoms with Gasteiger partial charge in [0.05, 0.1) is 26.4 Å². The van der Waals surface area contributed by atoms with E-state index >= 15 is 0 Å². The maximum absolute atomic E-state index is 6.19. The Morgan fingerprint density at radius 1 is 0.897 bits per heavy atom. The Balaban J connectivity index is 2.01. The van der Waals surface area contributed by atoms with Crippen molar-refractivity contribution in [3.05, 3.63) is 102 Å². The van der Waals surface area contributed by atoms with Crippen molar-refractivity contribution in [2.75, 3.05) is 13.2 Å². The predicted octanol–water partition coefficient (Wildman–Crippen LogP) is 6.88. The minimum Gasteiger partial charge on any atom is -0.376 e. The van der Waals surface area contributed by atoms with Crippen LogP contribution >= 0.6 is 0 Å². The second kappa shape index (κ2) is 13.7. The lowest BCUT2D eigenvalue weighted by molar-refractivity contribution is -0.0370. The van der Waals surface area contributed by atoms with Crippen molar-refractivity contribution in [3.63, 3.8) is 0 Å². The molecule has 0 aliphatic rings. The van der Waals surface area contributed by atoms with Crippen LogP contribution in [0.4, 0.5) is 0 Å². The summed E-state index contributed by atoms with van der Waals surface area (Å²) in [6.07, 6.45) is 10.4. The van der Waals surface area contributed by atoms with E-state index in [0.717, 1.165) is 25.7 Å². The Bertz CT molecular complexity index is 697. The smallest absolute Gasteiger partial charge is 0.0717 e. The van der Waals surface area contributed by atoms with Gasteiger partial charge in [0.1, 0.15) is 0 Å². The highest BCUT2D eigenvalue weighted by molar-refractivity contribution is 5.14. The molecule has 0 fully saturated rings. The fraction of sp³-hybridized carbons (Fsp3) is 0.370. The van der Waals surface area contributed by atoms with Crippen molar-refractivity contribution in [3.8, 4) is 0 Å². The molecule has 0 saturated heterocycles. The lowest BCUT2D eigenvalue weighted by Gasteiger charge is -2.33. The van der Waals surface area contributed by atoms with E-state index in [4.69, 9.17) is 9.47 Å². The Kier molecular flexibility index (Phi) is 10.9. The average molecular weight is 391 g/mol. The van der Waals surface area contributed by atoms with E-state index in [1.54, 1.807) is 0 Å². The molecule has 2 heteroatoms. The molecule has 154 valence electrons. The molecule has 0 saturated carbocycles. The zero-order chi connectivity index (χ0) is 20.6. The summed E-state index contributed by atoms with van der Waals surface area (Å²) in [6.45, 7) is 8.36. The normalized spacial score (nSPS) is 11.5. The summed E-state index contributed by atoms with van der Waals surface area (Å²) in [5, 5.41) is 0. The minimum absolute atomic E-state index is 0.0366. The lowest BCUT2D eigenvalue weighted by Crippen LogP contribution is -2.32. The third kappa shape index (κ3) is 9.11. The van der Waals surface area contributed by atoms with Crippen LogP contribution in [0.25, 0.3) is 0 Å². The number of unbranched alkanes of at least 4 members (excludes halogenated alkanes) is 1. The van der Waals surface area contributed by atoms with Crippen molar-refractivity contribution in [1.29, 1.82) is 0 Å². The quantitative estimate of drug-likeness (QED) is 0.199. The molecule has 0 unspecified atom stereocenters. The number of ether oxygens (including phenoxy) is 2. The first-order valence-corrected chi connectivity index (χ1v) is 10.5. The molecule has 2 aromatic carbocycles. The maximum Gasteiger partial charge on any atom is 0.0717 e. The summed E-state index contributed by atoms with van der Waals surface area (Å²) >= 11 is 0. The van der Waals surface area contributed by atoms with Crippen LogP contribution in [0.15, 0.2) is 91.2 Å². The number of allylic oxidation sites excluding steroid dienone is 3. The summed E-state index contributed by atoms with van der Waals surface area (Å²) in [6, 6.07) is 20.7. The van der Waals surface area contributed by atoms with Crippen LogP contribution < -0.4 is 0 Å². The zero-order valence-electron chi connectivity index (χ0n) is 17.7. The van der Waals surface area contributed by atoms with Crippen molar-refractivity contribution in [2.24, 2.45) is 5.41 Å². The number of hydrogen-bond donors (Lipinski definition) is 0. The van der Waals surface area contributed by atoms with Crippen LogP contribution in [0.3, 0.4) is 0 Å². The lowest BCUT2D eigenvalue weighted by atomic mass is 9.80. The molecule has 0 amide bonds. The van der Waals surface area contributed by atoms with E-state index in [1.165, 1.54) is 11.1 Å². The van der Waals surface area contributed by atoms with Crippen molar-refractivity contribution in [2.45, 2.75) is 45.8 Å². The van der Waals surface area contributed by atoms with E-state index in [1.807, 2.05) is 18.2 Å². The molecule has 0 radical (unpaired) electrons. The first kappa shape index (κ1) is 22.9. The molecule has 2 aromatic rings. The van der Waals surface area contributed by atoms with Gasteiger partial charge in [0.15, 0.2) is 0 Å². The van der Waals surface area contributed by atoms with E-state index in [9.17, 15) is 0 Å². The summed E-state index contributed by atoms with van der Waals surface area (Å²) in [7, 11) is 0. The maximum atomic E-state index is 6.19. The summed E-state index contributed by atoms with van der Waals surface area (Å²) < 4.78 is 12.4. The van der Waals surface area contributed by atoms with Crippen LogP contribution in [0.1, 0.15) is 43.7 Å². The predicted molar refractivity (Wildman–Crippen MR) is 122 cm³/mol. The Morgan fingerprint density at radius 3 is 1.93 bits per heavy atom. The largest absolute Gasteiger partial charge is 0.376 e. The van der Waals surface area contributed by atoms with Gasteiger partial charge in [-0.25, -0.2) is 0 Å². The van der Waals surface area contributed by atoms with E-state index in [2.05, 4.69) is 79.9 Å². The third-order valence-electron chi connectivity index (χ3n) is 5.03. The standard InChI is InChI=1S/C27H34O2/c1-3-5-7-14-20-27(19-6-4-2,23-28-21-25-15-10-8-11-16-25)24-29-22-26-17-12-9-13-18-26/h4-6,8-13,15-18H,1,7,14,19-24H2,2H3/b6-4+. The van der Waals surface area contributed by atoms with Crippen molar-refractivity contribution < 1.29 is 9.47 Å². The van der Waals surface area contributed by atoms with Crippen molar-refractivity contribution in [1.82, 2.24) is 0 Å². The molecule has 0 aliphatic heterocycles. The summed E-state index contributed by atoms with van der Waals surface area (Å²) in [5.74, 6) is 0. The van der Waals surface area contributed by atoms with Crippen LogP contribution in [-0.4, -0.2) is 13.2 Å². The van der Waals surface area contributed by atoms with Gasteiger partial charge in [-0.3, -0.25) is 0 Å². The first-order chi connectivity index (χ1) is 14.3. The van der Waals surface area contributed by atoms with Gasteiger partial charge in [0.2, 0.25) is 0 Å². The minimum atomic E-state index is -0.0366. The van der Waals surface area contributed by atoms with Crippen LogP contribution in [0, 0.1) is 5.41 Å². The van der Waals surface area contributed by atoms with Gasteiger partial charge in [-0.1, -0.05) is 79.4 Å². The topological polar surface area (TPSA) is 18.5 Å². The molecule has 2 rings (SSSR count). The molecule has 0 bridgehead atoms. The molecule has 0 spiro atoms. The molecule has 0 heterocycles. The Morgan fingerprint density at radius 2 is 1.45 bits per heavy atom. The van der Waals surface area contributed by atoms with Gasteiger partial charge < -0.3 is 9.47 Å². The van der Waals surface area contributed by atoms with Gasteiger partial charge in [0.25, 0.3) is 0 Å². The van der Waals surface area contributed by atoms with E-state index < -0.39 is 0 Å². The Labute approximate surface area is 176 Å². The third-order valence-corrected chi connectivity index (χ3v) is 5.03. The molecule has 2 nitrogen and oxygen atoms in total. The van der Waals surface area contributed by atoms with Crippen LogP contribution in [-0.2, 0) is 22.7 Å². The fourth-order valence-electron chi connectivity index (χ4n) is 3.37. The van der Waals surface area contributed by atoms with Gasteiger partial charge in [-0.2, -0.15) is 0 Å². The zero-order valence-corrected chi connectivity index (χ0v) is 17.7. The fourth-order valence-corrected chi connectivity index (χ4v) is 3.37. The summed E-state index contributed by atoms with van der Waals surface area (Å²) in [4.78, 5) is 0. The first-order valence-electron chi connectivity index (χ1n) is 10.5. The number of rotatable bonds is 14. The van der Waals surface area contributed by atoms with Gasteiger partial charge in [-0.15, -0.1) is 5.73 Å². The molecule has 0 atom stereocenters. The second-order valence-electron chi connectivity index (χ2n) is 7.53. The van der Waals surface area contributed by atoms with Crippen LogP contribution in [0.2, 0.25) is 0 Å². The molecule has 0 aromatic heterocycles. The molecular formula is C27H34O2. The average Bonchev–Trinajstić information content (AvgIpc) is 2.77. The van der Waals surface area contributed by atoms with Gasteiger partial charge in [-0.05, 0) is 49.8 Å².